The Bertz CT molecular complexity index is 963. The fraction of sp³-hybridized carbons (Fsp3) is 0.150. The number of aromatic hydroxyl groups is 1. The molecular weight excluding hydrogens is 345 g/mol. The van der Waals surface area contributed by atoms with E-state index in [1.807, 2.05) is 0 Å². The molecular formula is C20H15F3O3. The lowest BCUT2D eigenvalue weighted by Gasteiger charge is -2.15. The van der Waals surface area contributed by atoms with Gasteiger partial charge in [-0.1, -0.05) is 36.4 Å². The van der Waals surface area contributed by atoms with Crippen LogP contribution in [0.25, 0.3) is 21.9 Å². The number of phenols is 1. The molecule has 0 bridgehead atoms. The third-order valence-corrected chi connectivity index (χ3v) is 4.02. The van der Waals surface area contributed by atoms with Crippen molar-refractivity contribution in [2.75, 3.05) is 6.61 Å². The van der Waals surface area contributed by atoms with Crippen LogP contribution in [0, 0.1) is 0 Å². The Morgan fingerprint density at radius 2 is 1.73 bits per heavy atom. The van der Waals surface area contributed by atoms with Crippen molar-refractivity contribution >= 4 is 16.7 Å². The number of ether oxygens (including phenoxy) is 1. The number of fused-ring (bicyclic) bond motifs is 1. The number of esters is 1. The van der Waals surface area contributed by atoms with E-state index >= 15 is 0 Å². The zero-order chi connectivity index (χ0) is 18.9. The molecule has 0 saturated carbocycles. The van der Waals surface area contributed by atoms with E-state index in [1.165, 1.54) is 12.1 Å². The number of carbonyl (C=O) groups excluding carboxylic acids is 1. The molecule has 3 nitrogen and oxygen atoms in total. The van der Waals surface area contributed by atoms with Crippen molar-refractivity contribution in [2.45, 2.75) is 13.1 Å². The summed E-state index contributed by atoms with van der Waals surface area (Å²) in [4.78, 5) is 12.2. The zero-order valence-corrected chi connectivity index (χ0v) is 13.8. The topological polar surface area (TPSA) is 46.5 Å². The maximum atomic E-state index is 13.1. The number of benzene rings is 3. The van der Waals surface area contributed by atoms with Crippen molar-refractivity contribution in [3.8, 4) is 16.9 Å². The number of rotatable bonds is 3. The van der Waals surface area contributed by atoms with Crippen molar-refractivity contribution < 1.29 is 27.8 Å². The fourth-order valence-electron chi connectivity index (χ4n) is 2.81. The standard InChI is InChI=1S/C20H15F3O3/c1-2-26-19(25)17-11-15(12-6-4-3-5-7-12)16-10-13(20(21,22)23)8-9-14(16)18(17)24/h3-11,24H,2H2,1H3. The van der Waals surface area contributed by atoms with Crippen molar-refractivity contribution in [3.63, 3.8) is 0 Å². The Kier molecular flexibility index (Phi) is 4.59. The second kappa shape index (κ2) is 6.71. The largest absolute Gasteiger partial charge is 0.506 e. The molecule has 0 spiro atoms. The third-order valence-electron chi connectivity index (χ3n) is 4.02. The summed E-state index contributed by atoms with van der Waals surface area (Å²) in [7, 11) is 0. The van der Waals surface area contributed by atoms with Gasteiger partial charge >= 0.3 is 12.1 Å². The molecule has 6 heteroatoms. The normalized spacial score (nSPS) is 11.5. The van der Waals surface area contributed by atoms with Gasteiger partial charge in [0.25, 0.3) is 0 Å². The van der Waals surface area contributed by atoms with Gasteiger partial charge in [0.2, 0.25) is 0 Å². The SMILES string of the molecule is CCOC(=O)c1cc(-c2ccccc2)c2cc(C(F)(F)F)ccc2c1O. The first kappa shape index (κ1) is 17.8. The lowest BCUT2D eigenvalue weighted by atomic mass is 9.93. The zero-order valence-electron chi connectivity index (χ0n) is 13.8. The highest BCUT2D eigenvalue weighted by Gasteiger charge is 2.31. The Morgan fingerprint density at radius 1 is 1.04 bits per heavy atom. The van der Waals surface area contributed by atoms with Gasteiger partial charge in [-0.25, -0.2) is 4.79 Å². The van der Waals surface area contributed by atoms with E-state index in [1.54, 1.807) is 37.3 Å². The van der Waals surface area contributed by atoms with E-state index in [0.29, 0.717) is 11.1 Å². The van der Waals surface area contributed by atoms with Crippen LogP contribution in [0.4, 0.5) is 13.2 Å². The van der Waals surface area contributed by atoms with Crippen LogP contribution in [0.1, 0.15) is 22.8 Å². The van der Waals surface area contributed by atoms with Crippen molar-refractivity contribution in [3.05, 3.63) is 65.7 Å². The minimum absolute atomic E-state index is 0.0852. The highest BCUT2D eigenvalue weighted by molar-refractivity contribution is 6.07. The first-order valence-electron chi connectivity index (χ1n) is 7.92. The average molecular weight is 360 g/mol. The summed E-state index contributed by atoms with van der Waals surface area (Å²) in [6, 6.07) is 13.1. The average Bonchev–Trinajstić information content (AvgIpc) is 2.62. The van der Waals surface area contributed by atoms with Gasteiger partial charge < -0.3 is 9.84 Å². The van der Waals surface area contributed by atoms with Gasteiger partial charge in [-0.2, -0.15) is 13.2 Å². The highest BCUT2D eigenvalue weighted by Crippen LogP contribution is 2.40. The second-order valence-electron chi connectivity index (χ2n) is 5.66. The Morgan fingerprint density at radius 3 is 2.35 bits per heavy atom. The molecule has 3 rings (SSSR count). The predicted molar refractivity (Wildman–Crippen MR) is 92.0 cm³/mol. The van der Waals surface area contributed by atoms with E-state index in [9.17, 15) is 23.1 Å². The molecule has 1 N–H and O–H groups in total. The molecule has 0 fully saturated rings. The van der Waals surface area contributed by atoms with E-state index in [-0.39, 0.29) is 22.9 Å². The number of hydrogen-bond donors (Lipinski definition) is 1. The van der Waals surface area contributed by atoms with Crippen LogP contribution in [0.3, 0.4) is 0 Å². The minimum Gasteiger partial charge on any atom is -0.506 e. The summed E-state index contributed by atoms with van der Waals surface area (Å²) in [6.45, 7) is 1.74. The Labute approximate surface area is 147 Å². The summed E-state index contributed by atoms with van der Waals surface area (Å²) in [5.74, 6) is -1.13. The molecule has 134 valence electrons. The molecule has 0 atom stereocenters. The Balaban J connectivity index is 2.35. The van der Waals surface area contributed by atoms with Crippen LogP contribution in [0.5, 0.6) is 5.75 Å². The number of phenolic OH excluding ortho intramolecular Hbond substituents is 1. The molecule has 0 heterocycles. The second-order valence-corrected chi connectivity index (χ2v) is 5.66. The maximum Gasteiger partial charge on any atom is 0.416 e. The molecule has 0 radical (unpaired) electrons. The molecule has 0 saturated heterocycles. The quantitative estimate of drug-likeness (QED) is 0.636. The molecule has 0 aliphatic carbocycles. The summed E-state index contributed by atoms with van der Waals surface area (Å²) < 4.78 is 44.3. The molecule has 3 aromatic carbocycles. The van der Waals surface area contributed by atoms with Crippen LogP contribution >= 0.6 is 0 Å². The summed E-state index contributed by atoms with van der Waals surface area (Å²) in [5, 5.41) is 10.8. The fourth-order valence-corrected chi connectivity index (χ4v) is 2.81. The molecule has 0 aromatic heterocycles. The summed E-state index contributed by atoms with van der Waals surface area (Å²) in [5.41, 5.74) is 0.123. The van der Waals surface area contributed by atoms with Gasteiger partial charge in [0, 0.05) is 5.39 Å². The van der Waals surface area contributed by atoms with Crippen molar-refractivity contribution in [1.29, 1.82) is 0 Å². The number of halogens is 3. The predicted octanol–water partition coefficient (Wildman–Crippen LogP) is 5.41. The minimum atomic E-state index is -4.52. The van der Waals surface area contributed by atoms with E-state index in [0.717, 1.165) is 12.1 Å². The molecule has 0 aliphatic heterocycles. The van der Waals surface area contributed by atoms with Crippen LogP contribution in [0.15, 0.2) is 54.6 Å². The lowest BCUT2D eigenvalue weighted by Crippen LogP contribution is -2.07. The first-order valence-corrected chi connectivity index (χ1v) is 7.92. The summed E-state index contributed by atoms with van der Waals surface area (Å²) >= 11 is 0. The van der Waals surface area contributed by atoms with Gasteiger partial charge in [-0.3, -0.25) is 0 Å². The number of hydrogen-bond acceptors (Lipinski definition) is 3. The number of carbonyl (C=O) groups is 1. The molecule has 0 aliphatic rings. The van der Waals surface area contributed by atoms with Crippen LogP contribution in [0.2, 0.25) is 0 Å². The Hall–Kier alpha value is -3.02. The monoisotopic (exact) mass is 360 g/mol. The smallest absolute Gasteiger partial charge is 0.416 e. The molecule has 26 heavy (non-hydrogen) atoms. The van der Waals surface area contributed by atoms with E-state index in [2.05, 4.69) is 0 Å². The van der Waals surface area contributed by atoms with Crippen molar-refractivity contribution in [1.82, 2.24) is 0 Å². The first-order chi connectivity index (χ1) is 12.3. The van der Waals surface area contributed by atoms with Gasteiger partial charge in [0.05, 0.1) is 12.2 Å². The van der Waals surface area contributed by atoms with E-state index < -0.39 is 23.5 Å². The van der Waals surface area contributed by atoms with Crippen LogP contribution in [-0.2, 0) is 10.9 Å². The lowest BCUT2D eigenvalue weighted by molar-refractivity contribution is -0.137. The highest BCUT2D eigenvalue weighted by atomic mass is 19.4. The van der Waals surface area contributed by atoms with Gasteiger partial charge in [0.15, 0.2) is 0 Å². The van der Waals surface area contributed by atoms with Gasteiger partial charge in [-0.05, 0) is 41.6 Å². The van der Waals surface area contributed by atoms with Crippen LogP contribution < -0.4 is 0 Å². The van der Waals surface area contributed by atoms with Gasteiger partial charge in [-0.15, -0.1) is 0 Å². The van der Waals surface area contributed by atoms with Gasteiger partial charge in [0.1, 0.15) is 11.3 Å². The van der Waals surface area contributed by atoms with E-state index in [4.69, 9.17) is 4.74 Å². The van der Waals surface area contributed by atoms with Crippen LogP contribution in [-0.4, -0.2) is 17.7 Å². The summed E-state index contributed by atoms with van der Waals surface area (Å²) in [6.07, 6.45) is -4.52. The molecule has 0 unspecified atom stereocenters. The molecule has 3 aromatic rings. The molecule has 0 amide bonds. The maximum absolute atomic E-state index is 13.1. The third kappa shape index (κ3) is 3.22. The number of alkyl halides is 3. The van der Waals surface area contributed by atoms with Crippen molar-refractivity contribution in [2.24, 2.45) is 0 Å².